The summed E-state index contributed by atoms with van der Waals surface area (Å²) in [6.07, 6.45) is 0. The summed E-state index contributed by atoms with van der Waals surface area (Å²) in [7, 11) is -6.74. The first-order valence-corrected chi connectivity index (χ1v) is 3.29. The van der Waals surface area contributed by atoms with Crippen LogP contribution in [0.15, 0.2) is 0 Å². The predicted molar refractivity (Wildman–Crippen MR) is 16.6 cm³/mol. The van der Waals surface area contributed by atoms with Gasteiger partial charge in [0.15, 0.2) is 0 Å². The topological polar surface area (TPSA) is 114 Å². The van der Waals surface area contributed by atoms with Gasteiger partial charge in [-0.1, -0.05) is 0 Å². The number of rotatable bonds is 0. The average molecular weight is 204 g/mol. The van der Waals surface area contributed by atoms with Crippen LogP contribution in [0.1, 0.15) is 0 Å². The third kappa shape index (κ3) is 250. The van der Waals surface area contributed by atoms with Gasteiger partial charge in [0.05, 0.1) is 0 Å². The van der Waals surface area contributed by atoms with Crippen LogP contribution >= 0.6 is 15.8 Å². The molecule has 0 spiro atoms. The van der Waals surface area contributed by atoms with Crippen LogP contribution in [-0.4, -0.2) is 0 Å². The summed E-state index contributed by atoms with van der Waals surface area (Å²) in [5, 5.41) is 0. The average Bonchev–Trinajstić information content (AvgIpc) is 1.25. The van der Waals surface area contributed by atoms with Crippen LogP contribution in [0.5, 0.6) is 0 Å². The summed E-state index contributed by atoms with van der Waals surface area (Å²) >= 11 is 0. The van der Waals surface area contributed by atoms with Gasteiger partial charge < -0.3 is 9.79 Å². The second-order valence-electron chi connectivity index (χ2n) is 0.447. The summed E-state index contributed by atoms with van der Waals surface area (Å²) in [5.41, 5.74) is 0. The molecule has 10 heavy (non-hydrogen) atoms. The van der Waals surface area contributed by atoms with Crippen molar-refractivity contribution >= 4 is 15.8 Å². The van der Waals surface area contributed by atoms with E-state index in [0.29, 0.717) is 0 Å². The molecule has 0 heterocycles. The molecule has 0 aliphatic rings. The Balaban J connectivity index is -0.0000000300. The minimum Gasteiger partial charge on any atom is -0.744 e. The molecule has 0 bridgehead atoms. The normalized spacial score (nSPS) is 5.00. The molecule has 0 amide bonds. The number of hydrogen-bond donors (Lipinski definition) is 0. The summed E-state index contributed by atoms with van der Waals surface area (Å²) in [5.74, 6) is 0. The van der Waals surface area contributed by atoms with Gasteiger partial charge in [-0.2, -0.15) is 0 Å². The minimum absolute atomic E-state index is 0. The summed E-state index contributed by atoms with van der Waals surface area (Å²) in [6, 6.07) is 0. The predicted octanol–water partition coefficient (Wildman–Crippen LogP) is -7.12. The molecule has 6 nitrogen and oxygen atoms in total. The van der Waals surface area contributed by atoms with E-state index in [1.807, 2.05) is 0 Å². The van der Waals surface area contributed by atoms with Crippen LogP contribution in [0.2, 0.25) is 0 Å². The van der Waals surface area contributed by atoms with Crippen molar-refractivity contribution in [1.82, 2.24) is 0 Å². The third-order valence-corrected chi connectivity index (χ3v) is 0. The van der Waals surface area contributed by atoms with E-state index in [9.17, 15) is 0 Å². The molecule has 0 aromatic carbocycles. The molecule has 0 unspecified atom stereocenters. The fourth-order valence-corrected chi connectivity index (χ4v) is 0. The summed E-state index contributed by atoms with van der Waals surface area (Å²) in [4.78, 5) is 17.0. The minimum atomic E-state index is -3.37. The Labute approximate surface area is 102 Å². The molecule has 0 N–H and O–H groups in total. The van der Waals surface area contributed by atoms with E-state index in [2.05, 4.69) is 0 Å². The zero-order valence-corrected chi connectivity index (χ0v) is 11.1. The van der Waals surface area contributed by atoms with Crippen molar-refractivity contribution in [1.29, 1.82) is 0 Å². The van der Waals surface area contributed by atoms with Crippen LogP contribution in [0.25, 0.3) is 0 Å². The molecule has 0 fully saturated rings. The van der Waals surface area contributed by atoms with Gasteiger partial charge in [0.1, 0.15) is 0 Å². The molecular weight excluding hydrogens is 204 g/mol. The molecule has 0 saturated carbocycles. The molecule has 10 heteroatoms. The maximum atomic E-state index is 8.48. The van der Waals surface area contributed by atoms with Crippen LogP contribution < -0.4 is 68.9 Å². The zero-order valence-electron chi connectivity index (χ0n) is 5.34. The van der Waals surface area contributed by atoms with Gasteiger partial charge in [0, 0.05) is 0 Å². The SMILES string of the molecule is O=P(=O)[O-].O=P(=O)[O-].[Na+].[Na+]. The molecular formula is Na2O6P2. The van der Waals surface area contributed by atoms with Crippen molar-refractivity contribution in [2.45, 2.75) is 0 Å². The van der Waals surface area contributed by atoms with Crippen molar-refractivity contribution in [3.63, 3.8) is 0 Å². The molecule has 0 aliphatic heterocycles. The maximum absolute atomic E-state index is 8.48. The first kappa shape index (κ1) is 22.6. The Hall–Kier alpha value is 1.72. The zero-order chi connectivity index (χ0) is 7.15. The monoisotopic (exact) mass is 204 g/mol. The van der Waals surface area contributed by atoms with Crippen LogP contribution in [0, 0.1) is 0 Å². The van der Waals surface area contributed by atoms with Crippen molar-refractivity contribution in [2.24, 2.45) is 0 Å². The Morgan fingerprint density at radius 3 is 0.700 bits per heavy atom. The largest absolute Gasteiger partial charge is 1.00 e. The van der Waals surface area contributed by atoms with Crippen molar-refractivity contribution < 1.29 is 87.2 Å². The molecule has 0 aromatic heterocycles. The van der Waals surface area contributed by atoms with Gasteiger partial charge in [0.2, 0.25) is 15.8 Å². The first-order chi connectivity index (χ1) is 3.46. The molecule has 48 valence electrons. The van der Waals surface area contributed by atoms with Crippen molar-refractivity contribution in [3.05, 3.63) is 0 Å². The summed E-state index contributed by atoms with van der Waals surface area (Å²) in [6.45, 7) is 0. The Kier molecular flexibility index (Phi) is 38.4. The first-order valence-electron chi connectivity index (χ1n) is 1.10. The molecule has 0 atom stereocenters. The van der Waals surface area contributed by atoms with E-state index in [0.717, 1.165) is 0 Å². The van der Waals surface area contributed by atoms with Crippen molar-refractivity contribution in [3.8, 4) is 0 Å². The second-order valence-corrected chi connectivity index (χ2v) is 1.34. The Morgan fingerprint density at radius 1 is 0.700 bits per heavy atom. The van der Waals surface area contributed by atoms with E-state index in [1.54, 1.807) is 0 Å². The Morgan fingerprint density at radius 2 is 0.700 bits per heavy atom. The summed E-state index contributed by atoms with van der Waals surface area (Å²) < 4.78 is 33.9. The molecule has 0 aliphatic carbocycles. The maximum Gasteiger partial charge on any atom is 1.00 e. The van der Waals surface area contributed by atoms with Crippen LogP contribution in [-0.2, 0) is 18.3 Å². The van der Waals surface area contributed by atoms with Gasteiger partial charge in [-0.25, -0.2) is 0 Å². The molecule has 0 rings (SSSR count). The smallest absolute Gasteiger partial charge is 0.744 e. The number of hydrogen-bond acceptors (Lipinski definition) is 6. The van der Waals surface area contributed by atoms with Crippen LogP contribution in [0.4, 0.5) is 0 Å². The molecule has 0 radical (unpaired) electrons. The van der Waals surface area contributed by atoms with Gasteiger partial charge in [-0.05, 0) is 0 Å². The van der Waals surface area contributed by atoms with E-state index in [4.69, 9.17) is 28.0 Å². The van der Waals surface area contributed by atoms with E-state index >= 15 is 0 Å². The third-order valence-electron chi connectivity index (χ3n) is 0. The standard InChI is InChI=1S/2Na.2HO3P/c;;2*1-4(2)3/h;;2*(H,1,2,3)/q2*+1;;/p-2. The van der Waals surface area contributed by atoms with E-state index in [1.165, 1.54) is 0 Å². The quantitative estimate of drug-likeness (QED) is 0.286. The fraction of sp³-hybridized carbons (Fsp3) is 0. The van der Waals surface area contributed by atoms with E-state index in [-0.39, 0.29) is 59.1 Å². The Bertz CT molecular complexity index is 131. The fourth-order valence-electron chi connectivity index (χ4n) is 0. The molecule has 0 saturated heterocycles. The van der Waals surface area contributed by atoms with Gasteiger partial charge in [-0.3, -0.25) is 18.3 Å². The van der Waals surface area contributed by atoms with Gasteiger partial charge in [0.25, 0.3) is 0 Å². The van der Waals surface area contributed by atoms with Crippen LogP contribution in [0.3, 0.4) is 0 Å². The second kappa shape index (κ2) is 17.0. The van der Waals surface area contributed by atoms with E-state index < -0.39 is 15.8 Å². The van der Waals surface area contributed by atoms with Gasteiger partial charge in [-0.15, -0.1) is 0 Å². The van der Waals surface area contributed by atoms with Crippen molar-refractivity contribution in [2.75, 3.05) is 0 Å². The van der Waals surface area contributed by atoms with Gasteiger partial charge >= 0.3 is 59.1 Å². The molecule has 0 aromatic rings.